The number of aromatic nitrogens is 1. The number of urea groups is 1. The lowest BCUT2D eigenvalue weighted by Crippen LogP contribution is -2.47. The summed E-state index contributed by atoms with van der Waals surface area (Å²) in [5.74, 6) is -1.05. The van der Waals surface area contributed by atoms with E-state index < -0.39 is 5.97 Å². The van der Waals surface area contributed by atoms with Crippen LogP contribution < -0.4 is 10.6 Å². The van der Waals surface area contributed by atoms with Crippen LogP contribution in [0.25, 0.3) is 0 Å². The van der Waals surface area contributed by atoms with Gasteiger partial charge in [-0.25, -0.2) is 14.6 Å². The normalized spacial score (nSPS) is 21.8. The Morgan fingerprint density at radius 1 is 1.48 bits per heavy atom. The molecular formula is C13H19N3O3S2. The summed E-state index contributed by atoms with van der Waals surface area (Å²) < 4.78 is 0. The molecule has 1 aliphatic rings. The van der Waals surface area contributed by atoms with Crippen LogP contribution in [-0.4, -0.2) is 39.6 Å². The molecule has 116 valence electrons. The number of carboxylic acids is 1. The molecule has 0 radical (unpaired) electrons. The molecule has 6 nitrogen and oxygen atoms in total. The van der Waals surface area contributed by atoms with Crippen LogP contribution in [0.5, 0.6) is 0 Å². The van der Waals surface area contributed by atoms with E-state index in [2.05, 4.69) is 21.9 Å². The van der Waals surface area contributed by atoms with Crippen LogP contribution >= 0.6 is 23.1 Å². The number of hydrogen-bond donors (Lipinski definition) is 3. The van der Waals surface area contributed by atoms with Crippen molar-refractivity contribution in [2.24, 2.45) is 0 Å². The maximum absolute atomic E-state index is 11.9. The fourth-order valence-corrected chi connectivity index (χ4v) is 4.05. The van der Waals surface area contributed by atoms with Crippen LogP contribution in [0.15, 0.2) is 5.38 Å². The molecule has 2 amide bonds. The van der Waals surface area contributed by atoms with Gasteiger partial charge in [-0.15, -0.1) is 11.3 Å². The lowest BCUT2D eigenvalue weighted by molar-refractivity contribution is 0.0691. The van der Waals surface area contributed by atoms with Gasteiger partial charge in [0.25, 0.3) is 0 Å². The number of thioether (sulfide) groups is 1. The molecule has 0 aliphatic heterocycles. The van der Waals surface area contributed by atoms with E-state index >= 15 is 0 Å². The quantitative estimate of drug-likeness (QED) is 0.771. The number of rotatable bonds is 5. The van der Waals surface area contributed by atoms with Gasteiger partial charge in [0.05, 0.1) is 6.54 Å². The number of carboxylic acid groups (broad SMARTS) is 1. The Kier molecular flexibility index (Phi) is 5.86. The highest BCUT2D eigenvalue weighted by molar-refractivity contribution is 7.99. The Balaban J connectivity index is 1.79. The number of nitrogens with zero attached hydrogens (tertiary/aromatic N) is 1. The second kappa shape index (κ2) is 7.65. The lowest BCUT2D eigenvalue weighted by Gasteiger charge is -2.30. The van der Waals surface area contributed by atoms with E-state index in [9.17, 15) is 9.59 Å². The van der Waals surface area contributed by atoms with E-state index in [1.807, 2.05) is 0 Å². The summed E-state index contributed by atoms with van der Waals surface area (Å²) in [6.07, 6.45) is 6.60. The van der Waals surface area contributed by atoms with E-state index in [0.29, 0.717) is 10.3 Å². The van der Waals surface area contributed by atoms with Gasteiger partial charge in [0.1, 0.15) is 5.01 Å². The highest BCUT2D eigenvalue weighted by Crippen LogP contribution is 2.27. The van der Waals surface area contributed by atoms with Crippen LogP contribution in [0.4, 0.5) is 4.79 Å². The second-order valence-electron chi connectivity index (χ2n) is 4.92. The monoisotopic (exact) mass is 329 g/mol. The number of amides is 2. The summed E-state index contributed by atoms with van der Waals surface area (Å²) in [5, 5.41) is 17.1. The Hall–Kier alpha value is -1.28. The molecule has 3 N–H and O–H groups in total. The van der Waals surface area contributed by atoms with Crippen molar-refractivity contribution in [3.8, 4) is 0 Å². The van der Waals surface area contributed by atoms with Crippen molar-refractivity contribution < 1.29 is 14.7 Å². The SMILES string of the molecule is CSC1CCCCC1NC(=O)NCc1nc(C(=O)O)cs1. The molecule has 0 spiro atoms. The van der Waals surface area contributed by atoms with Crippen LogP contribution in [0, 0.1) is 0 Å². The van der Waals surface area contributed by atoms with Crippen molar-refractivity contribution in [3.63, 3.8) is 0 Å². The summed E-state index contributed by atoms with van der Waals surface area (Å²) in [5.41, 5.74) is 0.0203. The van der Waals surface area contributed by atoms with Crippen LogP contribution in [0.1, 0.15) is 41.2 Å². The summed E-state index contributed by atoms with van der Waals surface area (Å²) >= 11 is 3.03. The van der Waals surface area contributed by atoms with Crippen LogP contribution in [-0.2, 0) is 6.54 Å². The first-order valence-electron chi connectivity index (χ1n) is 6.85. The Morgan fingerprint density at radius 3 is 2.90 bits per heavy atom. The molecule has 1 saturated carbocycles. The van der Waals surface area contributed by atoms with Gasteiger partial charge in [0, 0.05) is 16.7 Å². The summed E-state index contributed by atoms with van der Waals surface area (Å²) in [7, 11) is 0. The van der Waals surface area contributed by atoms with Crippen molar-refractivity contribution >= 4 is 35.1 Å². The minimum absolute atomic E-state index is 0.0203. The number of aromatic carboxylic acids is 1. The van der Waals surface area contributed by atoms with E-state index in [0.717, 1.165) is 19.3 Å². The number of carbonyl (C=O) groups excluding carboxylic acids is 1. The predicted octanol–water partition coefficient (Wildman–Crippen LogP) is 2.31. The minimum Gasteiger partial charge on any atom is -0.476 e. The van der Waals surface area contributed by atoms with Gasteiger partial charge in [-0.2, -0.15) is 11.8 Å². The third-order valence-corrected chi connectivity index (χ3v) is 5.51. The van der Waals surface area contributed by atoms with E-state index in [1.54, 1.807) is 11.8 Å². The number of thiazole rings is 1. The molecule has 1 aromatic heterocycles. The molecular weight excluding hydrogens is 310 g/mol. The zero-order chi connectivity index (χ0) is 15.2. The highest BCUT2D eigenvalue weighted by atomic mass is 32.2. The summed E-state index contributed by atoms with van der Waals surface area (Å²) in [6, 6.07) is -0.00681. The van der Waals surface area contributed by atoms with E-state index in [1.165, 1.54) is 23.1 Å². The first-order valence-corrected chi connectivity index (χ1v) is 9.01. The van der Waals surface area contributed by atoms with Gasteiger partial charge in [0.2, 0.25) is 0 Å². The van der Waals surface area contributed by atoms with Crippen LogP contribution in [0.2, 0.25) is 0 Å². The molecule has 0 saturated heterocycles. The summed E-state index contributed by atoms with van der Waals surface area (Å²) in [4.78, 5) is 26.6. The lowest BCUT2D eigenvalue weighted by atomic mass is 9.95. The van der Waals surface area contributed by atoms with Gasteiger partial charge in [0.15, 0.2) is 5.69 Å². The van der Waals surface area contributed by atoms with Gasteiger partial charge in [-0.3, -0.25) is 0 Å². The Morgan fingerprint density at radius 2 is 2.24 bits per heavy atom. The molecule has 2 unspecified atom stereocenters. The molecule has 8 heteroatoms. The molecule has 1 aromatic rings. The fraction of sp³-hybridized carbons (Fsp3) is 0.615. The molecule has 1 aliphatic carbocycles. The van der Waals surface area contributed by atoms with Crippen LogP contribution in [0.3, 0.4) is 0 Å². The average Bonchev–Trinajstić information content (AvgIpc) is 2.95. The molecule has 1 heterocycles. The van der Waals surface area contributed by atoms with Gasteiger partial charge in [-0.05, 0) is 19.1 Å². The van der Waals surface area contributed by atoms with E-state index in [-0.39, 0.29) is 24.3 Å². The van der Waals surface area contributed by atoms with Gasteiger partial charge in [-0.1, -0.05) is 12.8 Å². The molecule has 2 atom stereocenters. The first-order chi connectivity index (χ1) is 10.1. The third kappa shape index (κ3) is 4.60. The molecule has 1 fully saturated rings. The largest absolute Gasteiger partial charge is 0.476 e. The second-order valence-corrected chi connectivity index (χ2v) is 6.94. The number of carbonyl (C=O) groups is 2. The predicted molar refractivity (Wildman–Crippen MR) is 84.0 cm³/mol. The zero-order valence-corrected chi connectivity index (χ0v) is 13.4. The zero-order valence-electron chi connectivity index (χ0n) is 11.8. The fourth-order valence-electron chi connectivity index (χ4n) is 2.41. The maximum Gasteiger partial charge on any atom is 0.355 e. The Bertz CT molecular complexity index is 507. The third-order valence-electron chi connectivity index (χ3n) is 3.49. The maximum atomic E-state index is 11.9. The Labute approximate surface area is 131 Å². The van der Waals surface area contributed by atoms with Crippen molar-refractivity contribution in [2.75, 3.05) is 6.26 Å². The smallest absolute Gasteiger partial charge is 0.355 e. The highest BCUT2D eigenvalue weighted by Gasteiger charge is 2.25. The number of hydrogen-bond acceptors (Lipinski definition) is 5. The van der Waals surface area contributed by atoms with Gasteiger partial charge >= 0.3 is 12.0 Å². The summed E-state index contributed by atoms with van der Waals surface area (Å²) in [6.45, 7) is 0.250. The van der Waals surface area contributed by atoms with Crippen molar-refractivity contribution in [2.45, 2.75) is 43.5 Å². The van der Waals surface area contributed by atoms with Crippen molar-refractivity contribution in [3.05, 3.63) is 16.1 Å². The average molecular weight is 329 g/mol. The standard InChI is InChI=1S/C13H19N3O3S2/c1-20-10-5-3-2-4-8(10)16-13(19)14-6-11-15-9(7-21-11)12(17)18/h7-8,10H,2-6H2,1H3,(H,17,18)(H2,14,16,19). The molecule has 2 rings (SSSR count). The molecule has 0 aromatic carbocycles. The first kappa shape index (κ1) is 16.1. The topological polar surface area (TPSA) is 91.3 Å². The molecule has 0 bridgehead atoms. The minimum atomic E-state index is -1.05. The van der Waals surface area contributed by atoms with Gasteiger partial charge < -0.3 is 15.7 Å². The van der Waals surface area contributed by atoms with E-state index in [4.69, 9.17) is 5.11 Å². The van der Waals surface area contributed by atoms with Crippen molar-refractivity contribution in [1.29, 1.82) is 0 Å². The molecule has 21 heavy (non-hydrogen) atoms. The number of nitrogens with one attached hydrogen (secondary N) is 2. The van der Waals surface area contributed by atoms with Crippen molar-refractivity contribution in [1.82, 2.24) is 15.6 Å².